The fourth-order valence-electron chi connectivity index (χ4n) is 3.36. The summed E-state index contributed by atoms with van der Waals surface area (Å²) < 4.78 is 21.9. The van der Waals surface area contributed by atoms with Crippen molar-refractivity contribution in [1.29, 1.82) is 0 Å². The molecule has 0 atom stereocenters. The van der Waals surface area contributed by atoms with E-state index in [1.54, 1.807) is 9.47 Å². The number of methoxy groups -OCH3 is 1. The summed E-state index contributed by atoms with van der Waals surface area (Å²) in [4.78, 5) is 25.6. The number of halogens is 1. The summed E-state index contributed by atoms with van der Waals surface area (Å²) in [6, 6.07) is 1.14. The highest BCUT2D eigenvalue weighted by Crippen LogP contribution is 2.44. The van der Waals surface area contributed by atoms with Gasteiger partial charge in [-0.15, -0.1) is 0 Å². The molecule has 0 unspecified atom stereocenters. The quantitative estimate of drug-likeness (QED) is 0.814. The number of benzene rings is 1. The molecule has 0 bridgehead atoms. The molecule has 8 nitrogen and oxygen atoms in total. The fraction of sp³-hybridized carbons (Fsp3) is 0.412. The lowest BCUT2D eigenvalue weighted by Gasteiger charge is -2.39. The van der Waals surface area contributed by atoms with Crippen molar-refractivity contribution in [2.75, 3.05) is 25.1 Å². The smallest absolute Gasteiger partial charge is 0.341 e. The van der Waals surface area contributed by atoms with Crippen LogP contribution in [0.15, 0.2) is 17.1 Å². The van der Waals surface area contributed by atoms with Crippen molar-refractivity contribution < 1.29 is 29.6 Å². The van der Waals surface area contributed by atoms with Gasteiger partial charge in [0, 0.05) is 25.3 Å². The Morgan fingerprint density at radius 1 is 1.35 bits per heavy atom. The number of carboxylic acid groups (broad SMARTS) is 1. The first-order valence-corrected chi connectivity index (χ1v) is 8.04. The van der Waals surface area contributed by atoms with E-state index in [-0.39, 0.29) is 47.0 Å². The first kappa shape index (κ1) is 18.2. The van der Waals surface area contributed by atoms with E-state index in [4.69, 9.17) is 4.74 Å². The van der Waals surface area contributed by atoms with E-state index in [0.29, 0.717) is 5.52 Å². The molecule has 1 aromatic carbocycles. The summed E-state index contributed by atoms with van der Waals surface area (Å²) in [6.45, 7) is 0.555. The lowest BCUT2D eigenvalue weighted by Crippen LogP contribution is -2.51. The van der Waals surface area contributed by atoms with Crippen molar-refractivity contribution in [3.8, 4) is 5.75 Å². The van der Waals surface area contributed by atoms with E-state index in [9.17, 15) is 24.2 Å². The van der Waals surface area contributed by atoms with Crippen LogP contribution >= 0.6 is 0 Å². The molecule has 1 aromatic heterocycles. The van der Waals surface area contributed by atoms with Crippen LogP contribution in [-0.2, 0) is 0 Å². The molecule has 26 heavy (non-hydrogen) atoms. The van der Waals surface area contributed by atoms with Gasteiger partial charge in [0.25, 0.3) is 0 Å². The van der Waals surface area contributed by atoms with Gasteiger partial charge in [-0.25, -0.2) is 9.18 Å². The number of nitrogens with zero attached hydrogens (tertiary/aromatic N) is 2. The van der Waals surface area contributed by atoms with Gasteiger partial charge in [-0.2, -0.15) is 0 Å². The van der Waals surface area contributed by atoms with E-state index in [1.807, 2.05) is 0 Å². The van der Waals surface area contributed by atoms with E-state index in [2.05, 4.69) is 0 Å². The number of fused-ring (bicyclic) bond motifs is 1. The van der Waals surface area contributed by atoms with Crippen LogP contribution in [0.3, 0.4) is 0 Å². The molecule has 2 aliphatic rings. The summed E-state index contributed by atoms with van der Waals surface area (Å²) >= 11 is 0. The fourth-order valence-corrected chi connectivity index (χ4v) is 3.36. The average Bonchev–Trinajstić information content (AvgIpc) is 3.36. The molecule has 0 radical (unpaired) electrons. The number of carbonyl (C=O) groups is 1. The molecule has 2 aromatic rings. The zero-order valence-electron chi connectivity index (χ0n) is 14.0. The van der Waals surface area contributed by atoms with Gasteiger partial charge in [0.15, 0.2) is 11.6 Å². The number of anilines is 1. The van der Waals surface area contributed by atoms with Gasteiger partial charge in [0.05, 0.1) is 24.1 Å². The van der Waals surface area contributed by atoms with Crippen LogP contribution in [0.2, 0.25) is 0 Å². The van der Waals surface area contributed by atoms with Gasteiger partial charge in [-0.1, -0.05) is 0 Å². The van der Waals surface area contributed by atoms with Gasteiger partial charge in [-0.05, 0) is 18.9 Å². The second-order valence-corrected chi connectivity index (χ2v) is 6.51. The van der Waals surface area contributed by atoms with Gasteiger partial charge in [0.1, 0.15) is 11.3 Å². The van der Waals surface area contributed by atoms with Gasteiger partial charge in [-0.3, -0.25) is 4.79 Å². The highest BCUT2D eigenvalue weighted by atomic mass is 19.1. The number of carboxylic acids is 1. The third-order valence-corrected chi connectivity index (χ3v) is 4.75. The maximum Gasteiger partial charge on any atom is 0.341 e. The van der Waals surface area contributed by atoms with Crippen molar-refractivity contribution in [3.63, 3.8) is 0 Å². The summed E-state index contributed by atoms with van der Waals surface area (Å²) in [5.74, 6) is -1.81. The summed E-state index contributed by atoms with van der Waals surface area (Å²) in [7, 11) is 1.39. The Hall–Kier alpha value is -2.65. The molecule has 4 N–H and O–H groups in total. The molecule has 0 spiro atoms. The zero-order valence-corrected chi connectivity index (χ0v) is 14.0. The third kappa shape index (κ3) is 2.60. The van der Waals surface area contributed by atoms with Crippen LogP contribution in [0, 0.1) is 5.82 Å². The van der Waals surface area contributed by atoms with Crippen molar-refractivity contribution >= 4 is 22.6 Å². The number of aromatic carboxylic acids is 1. The summed E-state index contributed by atoms with van der Waals surface area (Å²) in [6.07, 6.45) is 2.50. The molecule has 1 saturated carbocycles. The number of hydrogen-bond donors (Lipinski definition) is 2. The predicted octanol–water partition coefficient (Wildman–Crippen LogP) is 0.538. The van der Waals surface area contributed by atoms with Crippen LogP contribution in [0.4, 0.5) is 10.1 Å². The van der Waals surface area contributed by atoms with Gasteiger partial charge < -0.3 is 29.9 Å². The number of aliphatic hydroxyl groups is 1. The monoisotopic (exact) mass is 366 g/mol. The largest absolute Gasteiger partial charge is 0.492 e. The average molecular weight is 366 g/mol. The maximum atomic E-state index is 14.7. The number of pyridine rings is 1. The van der Waals surface area contributed by atoms with E-state index in [0.717, 1.165) is 18.9 Å². The summed E-state index contributed by atoms with van der Waals surface area (Å²) in [5, 5.41) is 18.8. The highest BCUT2D eigenvalue weighted by Gasteiger charge is 2.34. The van der Waals surface area contributed by atoms with Crippen LogP contribution in [-0.4, -0.2) is 52.5 Å². The third-order valence-electron chi connectivity index (χ3n) is 4.75. The van der Waals surface area contributed by atoms with E-state index in [1.165, 1.54) is 13.3 Å². The Labute approximate surface area is 147 Å². The molecule has 1 aliphatic heterocycles. The van der Waals surface area contributed by atoms with Crippen LogP contribution in [0.1, 0.15) is 29.2 Å². The predicted molar refractivity (Wildman–Crippen MR) is 91.8 cm³/mol. The number of ether oxygens (including phenoxy) is 1. The number of rotatable bonds is 4. The SMILES string of the molecule is COc1c(N2CC(O)C2)c(F)cc2c(=O)c(C(=O)O)cn(C3CC3)c12.O. The summed E-state index contributed by atoms with van der Waals surface area (Å²) in [5.41, 5.74) is -0.519. The maximum absolute atomic E-state index is 14.7. The van der Waals surface area contributed by atoms with Crippen LogP contribution < -0.4 is 15.1 Å². The second-order valence-electron chi connectivity index (χ2n) is 6.51. The minimum Gasteiger partial charge on any atom is -0.492 e. The minimum absolute atomic E-state index is 0. The molecule has 0 amide bonds. The molecule has 140 valence electrons. The Morgan fingerprint density at radius 3 is 2.50 bits per heavy atom. The Kier molecular flexibility index (Phi) is 4.37. The zero-order chi connectivity index (χ0) is 17.9. The highest BCUT2D eigenvalue weighted by molar-refractivity contribution is 5.97. The van der Waals surface area contributed by atoms with E-state index >= 15 is 0 Å². The minimum atomic E-state index is -1.34. The van der Waals surface area contributed by atoms with Gasteiger partial charge in [0.2, 0.25) is 5.43 Å². The van der Waals surface area contributed by atoms with Crippen LogP contribution in [0.5, 0.6) is 5.75 Å². The van der Waals surface area contributed by atoms with Gasteiger partial charge >= 0.3 is 5.97 Å². The molecule has 2 heterocycles. The molecular weight excluding hydrogens is 347 g/mol. The van der Waals surface area contributed by atoms with Crippen LogP contribution in [0.25, 0.3) is 10.9 Å². The Morgan fingerprint density at radius 2 is 2.00 bits per heavy atom. The molecule has 1 saturated heterocycles. The standard InChI is InChI=1S/C17H17FN2O5.H2O/c1-25-16-13-10(4-12(18)14(16)19-5-9(21)6-19)15(22)11(17(23)24)7-20(13)8-2-3-8;/h4,7-9,21H,2-3,5-6H2,1H3,(H,23,24);1H2. The number of hydrogen-bond acceptors (Lipinski definition) is 5. The van der Waals surface area contributed by atoms with Crippen molar-refractivity contribution in [3.05, 3.63) is 33.9 Å². The van der Waals surface area contributed by atoms with Crippen molar-refractivity contribution in [2.24, 2.45) is 0 Å². The molecule has 1 aliphatic carbocycles. The topological polar surface area (TPSA) is 124 Å². The molecule has 4 rings (SSSR count). The second kappa shape index (κ2) is 6.26. The first-order valence-electron chi connectivity index (χ1n) is 8.04. The van der Waals surface area contributed by atoms with E-state index < -0.39 is 23.3 Å². The molecular formula is C17H19FN2O6. The lowest BCUT2D eigenvalue weighted by molar-refractivity contribution is 0.0694. The normalized spacial score (nSPS) is 17.0. The van der Waals surface area contributed by atoms with Crippen molar-refractivity contribution in [1.82, 2.24) is 4.57 Å². The molecule has 9 heteroatoms. The lowest BCUT2D eigenvalue weighted by atomic mass is 10.0. The number of aliphatic hydroxyl groups excluding tert-OH is 1. The molecule has 2 fully saturated rings. The first-order chi connectivity index (χ1) is 11.9. The number of aromatic nitrogens is 1. The van der Waals surface area contributed by atoms with Crippen molar-refractivity contribution in [2.45, 2.75) is 25.0 Å². The Balaban J connectivity index is 0.00000196. The number of β-amino-alcohol motifs (C(OH)–C–C–N with tert-alkyl or cyclic N) is 1. The Bertz CT molecular complexity index is 947.